The monoisotopic (exact) mass is 292 g/mol. The fourth-order valence-electron chi connectivity index (χ4n) is 1.71. The molecule has 1 atom stereocenters. The Morgan fingerprint density at radius 1 is 1.10 bits per heavy atom. The van der Waals surface area contributed by atoms with E-state index in [0.717, 1.165) is 12.3 Å². The molecule has 2 N–H and O–H groups in total. The Hall–Kier alpha value is -1.55. The SMILES string of the molecule is CC(C)CNC(=O)C(C)Oc1ccc(CNC(C)C)cc1. The Morgan fingerprint density at radius 3 is 2.24 bits per heavy atom. The van der Waals surface area contributed by atoms with Gasteiger partial charge in [0.25, 0.3) is 5.91 Å². The van der Waals surface area contributed by atoms with Crippen LogP contribution >= 0.6 is 0 Å². The van der Waals surface area contributed by atoms with Crippen molar-refractivity contribution in [3.8, 4) is 5.75 Å². The van der Waals surface area contributed by atoms with Crippen molar-refractivity contribution in [2.75, 3.05) is 6.54 Å². The van der Waals surface area contributed by atoms with Crippen molar-refractivity contribution in [1.29, 1.82) is 0 Å². The molecule has 0 saturated carbocycles. The normalized spacial score (nSPS) is 12.5. The summed E-state index contributed by atoms with van der Waals surface area (Å²) in [6.45, 7) is 11.6. The van der Waals surface area contributed by atoms with E-state index in [-0.39, 0.29) is 5.91 Å². The molecule has 1 rings (SSSR count). The molecule has 0 aliphatic carbocycles. The van der Waals surface area contributed by atoms with Gasteiger partial charge in [-0.1, -0.05) is 39.8 Å². The molecule has 4 nitrogen and oxygen atoms in total. The number of hydrogen-bond donors (Lipinski definition) is 2. The molecule has 1 aromatic carbocycles. The summed E-state index contributed by atoms with van der Waals surface area (Å²) in [4.78, 5) is 11.9. The largest absolute Gasteiger partial charge is 0.481 e. The van der Waals surface area contributed by atoms with E-state index >= 15 is 0 Å². The van der Waals surface area contributed by atoms with Crippen molar-refractivity contribution in [1.82, 2.24) is 10.6 Å². The third-order valence-electron chi connectivity index (χ3n) is 3.00. The Bertz CT molecular complexity index is 427. The summed E-state index contributed by atoms with van der Waals surface area (Å²) in [5.74, 6) is 1.08. The van der Waals surface area contributed by atoms with E-state index in [1.54, 1.807) is 6.92 Å². The summed E-state index contributed by atoms with van der Waals surface area (Å²) in [6, 6.07) is 8.31. The summed E-state index contributed by atoms with van der Waals surface area (Å²) >= 11 is 0. The van der Waals surface area contributed by atoms with Crippen LogP contribution in [0.4, 0.5) is 0 Å². The molecule has 4 heteroatoms. The second kappa shape index (κ2) is 8.67. The van der Waals surface area contributed by atoms with Gasteiger partial charge in [-0.2, -0.15) is 0 Å². The van der Waals surface area contributed by atoms with Crippen molar-refractivity contribution in [3.05, 3.63) is 29.8 Å². The van der Waals surface area contributed by atoms with Crippen LogP contribution in [-0.2, 0) is 11.3 Å². The maximum atomic E-state index is 11.9. The number of carbonyl (C=O) groups is 1. The van der Waals surface area contributed by atoms with Crippen LogP contribution in [0, 0.1) is 5.92 Å². The lowest BCUT2D eigenvalue weighted by Gasteiger charge is -2.16. The highest BCUT2D eigenvalue weighted by Crippen LogP contribution is 2.14. The highest BCUT2D eigenvalue weighted by Gasteiger charge is 2.14. The first kappa shape index (κ1) is 17.5. The van der Waals surface area contributed by atoms with Gasteiger partial charge >= 0.3 is 0 Å². The predicted octanol–water partition coefficient (Wildman–Crippen LogP) is 2.72. The molecular formula is C17H28N2O2. The fourth-order valence-corrected chi connectivity index (χ4v) is 1.71. The van der Waals surface area contributed by atoms with E-state index in [1.807, 2.05) is 24.3 Å². The fraction of sp³-hybridized carbons (Fsp3) is 0.588. The Morgan fingerprint density at radius 2 is 1.71 bits per heavy atom. The van der Waals surface area contributed by atoms with Crippen LogP contribution in [-0.4, -0.2) is 24.6 Å². The van der Waals surface area contributed by atoms with Gasteiger partial charge in [0.15, 0.2) is 6.10 Å². The lowest BCUT2D eigenvalue weighted by atomic mass is 10.2. The maximum absolute atomic E-state index is 11.9. The van der Waals surface area contributed by atoms with Crippen molar-refractivity contribution >= 4 is 5.91 Å². The molecule has 1 unspecified atom stereocenters. The van der Waals surface area contributed by atoms with E-state index in [0.29, 0.717) is 18.5 Å². The molecule has 118 valence electrons. The van der Waals surface area contributed by atoms with Crippen LogP contribution in [0.2, 0.25) is 0 Å². The molecule has 0 aliphatic rings. The first-order chi connectivity index (χ1) is 9.88. The molecule has 0 fully saturated rings. The zero-order valence-corrected chi connectivity index (χ0v) is 13.8. The Labute approximate surface area is 128 Å². The Kier molecular flexibility index (Phi) is 7.23. The average Bonchev–Trinajstić information content (AvgIpc) is 2.43. The van der Waals surface area contributed by atoms with Gasteiger partial charge in [0.1, 0.15) is 5.75 Å². The van der Waals surface area contributed by atoms with Gasteiger partial charge in [0, 0.05) is 19.1 Å². The van der Waals surface area contributed by atoms with E-state index in [1.165, 1.54) is 5.56 Å². The summed E-state index contributed by atoms with van der Waals surface area (Å²) in [7, 11) is 0. The van der Waals surface area contributed by atoms with E-state index in [4.69, 9.17) is 4.74 Å². The quantitative estimate of drug-likeness (QED) is 0.774. The van der Waals surface area contributed by atoms with Crippen LogP contribution in [0.25, 0.3) is 0 Å². The standard InChI is InChI=1S/C17H28N2O2/c1-12(2)10-19-17(20)14(5)21-16-8-6-15(7-9-16)11-18-13(3)4/h6-9,12-14,18H,10-11H2,1-5H3,(H,19,20). The summed E-state index contributed by atoms with van der Waals surface area (Å²) < 4.78 is 5.66. The molecule has 0 aliphatic heterocycles. The molecular weight excluding hydrogens is 264 g/mol. The smallest absolute Gasteiger partial charge is 0.260 e. The third kappa shape index (κ3) is 7.14. The number of rotatable bonds is 8. The molecule has 0 heterocycles. The summed E-state index contributed by atoms with van der Waals surface area (Å²) in [5.41, 5.74) is 1.20. The number of amides is 1. The highest BCUT2D eigenvalue weighted by atomic mass is 16.5. The van der Waals surface area contributed by atoms with Crippen LogP contribution in [0.3, 0.4) is 0 Å². The topological polar surface area (TPSA) is 50.4 Å². The molecule has 0 bridgehead atoms. The van der Waals surface area contributed by atoms with Gasteiger partial charge in [-0.25, -0.2) is 0 Å². The maximum Gasteiger partial charge on any atom is 0.260 e. The van der Waals surface area contributed by atoms with E-state index in [2.05, 4.69) is 38.3 Å². The molecule has 0 aromatic heterocycles. The summed E-state index contributed by atoms with van der Waals surface area (Å²) in [6.07, 6.45) is -0.483. The van der Waals surface area contributed by atoms with Crippen LogP contribution in [0.5, 0.6) is 5.75 Å². The number of hydrogen-bond acceptors (Lipinski definition) is 3. The molecule has 0 spiro atoms. The minimum atomic E-state index is -0.483. The first-order valence-corrected chi connectivity index (χ1v) is 7.65. The Balaban J connectivity index is 2.45. The van der Waals surface area contributed by atoms with E-state index < -0.39 is 6.10 Å². The van der Waals surface area contributed by atoms with Crippen LogP contribution in [0.1, 0.15) is 40.2 Å². The van der Waals surface area contributed by atoms with Gasteiger partial charge in [0.05, 0.1) is 0 Å². The lowest BCUT2D eigenvalue weighted by Crippen LogP contribution is -2.38. The van der Waals surface area contributed by atoms with Crippen molar-refractivity contribution < 1.29 is 9.53 Å². The van der Waals surface area contributed by atoms with Crippen molar-refractivity contribution in [2.45, 2.75) is 53.3 Å². The second-order valence-corrected chi connectivity index (χ2v) is 6.08. The molecule has 21 heavy (non-hydrogen) atoms. The van der Waals surface area contributed by atoms with Gasteiger partial charge < -0.3 is 15.4 Å². The van der Waals surface area contributed by atoms with Gasteiger partial charge in [-0.05, 0) is 30.5 Å². The average molecular weight is 292 g/mol. The first-order valence-electron chi connectivity index (χ1n) is 7.65. The van der Waals surface area contributed by atoms with Gasteiger partial charge in [-0.15, -0.1) is 0 Å². The zero-order valence-electron chi connectivity index (χ0n) is 13.8. The second-order valence-electron chi connectivity index (χ2n) is 6.08. The number of carbonyl (C=O) groups excluding carboxylic acids is 1. The minimum Gasteiger partial charge on any atom is -0.481 e. The van der Waals surface area contributed by atoms with Crippen LogP contribution in [0.15, 0.2) is 24.3 Å². The molecule has 1 aromatic rings. The molecule has 0 radical (unpaired) electrons. The molecule has 0 saturated heterocycles. The van der Waals surface area contributed by atoms with Gasteiger partial charge in [-0.3, -0.25) is 4.79 Å². The van der Waals surface area contributed by atoms with Gasteiger partial charge in [0.2, 0.25) is 0 Å². The van der Waals surface area contributed by atoms with Crippen molar-refractivity contribution in [3.63, 3.8) is 0 Å². The number of benzene rings is 1. The number of ether oxygens (including phenoxy) is 1. The molecule has 1 amide bonds. The minimum absolute atomic E-state index is 0.0748. The zero-order chi connectivity index (χ0) is 15.8. The summed E-state index contributed by atoms with van der Waals surface area (Å²) in [5, 5.41) is 6.23. The third-order valence-corrected chi connectivity index (χ3v) is 3.00. The number of nitrogens with one attached hydrogen (secondary N) is 2. The van der Waals surface area contributed by atoms with E-state index in [9.17, 15) is 4.79 Å². The predicted molar refractivity (Wildman–Crippen MR) is 86.4 cm³/mol. The lowest BCUT2D eigenvalue weighted by molar-refractivity contribution is -0.127. The highest BCUT2D eigenvalue weighted by molar-refractivity contribution is 5.80. The van der Waals surface area contributed by atoms with Crippen molar-refractivity contribution in [2.24, 2.45) is 5.92 Å². The van der Waals surface area contributed by atoms with Crippen LogP contribution < -0.4 is 15.4 Å².